The van der Waals surface area contributed by atoms with Crippen LogP contribution in [0.2, 0.25) is 0 Å². The lowest BCUT2D eigenvalue weighted by molar-refractivity contribution is -0.123. The molecule has 1 saturated heterocycles. The van der Waals surface area contributed by atoms with Crippen molar-refractivity contribution >= 4 is 55.8 Å². The Hall–Kier alpha value is -3.23. The smallest absolute Gasteiger partial charge is 0.293 e. The predicted molar refractivity (Wildman–Crippen MR) is 133 cm³/mol. The number of aromatic nitrogens is 1. The average Bonchev–Trinajstić information content (AvgIpc) is 3.28. The normalized spacial score (nSPS) is 15.1. The van der Waals surface area contributed by atoms with E-state index in [1.807, 2.05) is 29.0 Å². The van der Waals surface area contributed by atoms with Crippen LogP contribution in [0.25, 0.3) is 17.0 Å². The maximum absolute atomic E-state index is 14.1. The summed E-state index contributed by atoms with van der Waals surface area (Å²) in [6, 6.07) is 18.2. The number of carbonyl (C=O) groups excluding carboxylic acids is 2. The van der Waals surface area contributed by atoms with Gasteiger partial charge in [0, 0.05) is 39.2 Å². The van der Waals surface area contributed by atoms with Crippen molar-refractivity contribution in [3.05, 3.63) is 111 Å². The van der Waals surface area contributed by atoms with Crippen LogP contribution in [-0.4, -0.2) is 20.6 Å². The van der Waals surface area contributed by atoms with E-state index in [9.17, 15) is 18.4 Å². The minimum absolute atomic E-state index is 0.118. The first-order chi connectivity index (χ1) is 16.4. The van der Waals surface area contributed by atoms with E-state index in [2.05, 4.69) is 15.9 Å². The van der Waals surface area contributed by atoms with Crippen LogP contribution in [0, 0.1) is 11.6 Å². The van der Waals surface area contributed by atoms with Crippen molar-refractivity contribution in [1.82, 2.24) is 9.47 Å². The molecule has 2 amide bonds. The number of amides is 2. The highest BCUT2D eigenvalue weighted by Crippen LogP contribution is 2.36. The Morgan fingerprint density at radius 3 is 2.47 bits per heavy atom. The third-order valence-electron chi connectivity index (χ3n) is 5.59. The first kappa shape index (κ1) is 22.6. The monoisotopic (exact) mass is 538 g/mol. The summed E-state index contributed by atoms with van der Waals surface area (Å²) < 4.78 is 30.3. The van der Waals surface area contributed by atoms with Crippen LogP contribution in [0.4, 0.5) is 13.6 Å². The van der Waals surface area contributed by atoms with Crippen molar-refractivity contribution in [2.24, 2.45) is 0 Å². The van der Waals surface area contributed by atoms with Crippen LogP contribution in [0.15, 0.2) is 82.3 Å². The quantitative estimate of drug-likeness (QED) is 0.258. The Balaban J connectivity index is 1.49. The molecule has 0 N–H and O–H groups in total. The third-order valence-corrected chi connectivity index (χ3v) is 6.99. The Labute approximate surface area is 207 Å². The fourth-order valence-electron chi connectivity index (χ4n) is 3.90. The van der Waals surface area contributed by atoms with Gasteiger partial charge in [-0.25, -0.2) is 8.78 Å². The van der Waals surface area contributed by atoms with E-state index in [-0.39, 0.29) is 22.8 Å². The van der Waals surface area contributed by atoms with Crippen molar-refractivity contribution in [1.29, 1.82) is 0 Å². The predicted octanol–water partition coefficient (Wildman–Crippen LogP) is 6.97. The number of nitrogens with zero attached hydrogens (tertiary/aromatic N) is 2. The first-order valence-electron chi connectivity index (χ1n) is 10.4. The largest absolute Gasteiger partial charge is 0.342 e. The van der Waals surface area contributed by atoms with Crippen LogP contribution < -0.4 is 0 Å². The maximum atomic E-state index is 14.1. The van der Waals surface area contributed by atoms with Gasteiger partial charge in [0.05, 0.1) is 11.4 Å². The van der Waals surface area contributed by atoms with Gasteiger partial charge in [0.2, 0.25) is 0 Å². The van der Waals surface area contributed by atoms with Gasteiger partial charge in [0.25, 0.3) is 11.1 Å². The molecule has 4 aromatic rings. The lowest BCUT2D eigenvalue weighted by Gasteiger charge is -2.12. The van der Waals surface area contributed by atoms with E-state index in [1.165, 1.54) is 18.2 Å². The summed E-state index contributed by atoms with van der Waals surface area (Å²) in [7, 11) is 0. The zero-order valence-corrected chi connectivity index (χ0v) is 20.1. The van der Waals surface area contributed by atoms with E-state index in [1.54, 1.807) is 36.4 Å². The highest BCUT2D eigenvalue weighted by Gasteiger charge is 2.35. The molecule has 34 heavy (non-hydrogen) atoms. The SMILES string of the molecule is O=C1S/C(=C\c2cn(Cc3ccc(F)cc3)c3ccc(Br)cc23)C(=O)N1Cc1ccccc1F. The summed E-state index contributed by atoms with van der Waals surface area (Å²) in [5.74, 6) is -1.20. The highest BCUT2D eigenvalue weighted by molar-refractivity contribution is 9.10. The molecule has 0 saturated carbocycles. The number of halogens is 3. The van der Waals surface area contributed by atoms with E-state index in [0.717, 1.165) is 43.2 Å². The van der Waals surface area contributed by atoms with Gasteiger partial charge < -0.3 is 4.57 Å². The number of thioether (sulfide) groups is 1. The third kappa shape index (κ3) is 4.43. The van der Waals surface area contributed by atoms with Crippen LogP contribution in [0.5, 0.6) is 0 Å². The second-order valence-electron chi connectivity index (χ2n) is 7.86. The molecule has 5 rings (SSSR count). The zero-order valence-electron chi connectivity index (χ0n) is 17.7. The molecule has 0 aliphatic carbocycles. The number of hydrogen-bond donors (Lipinski definition) is 0. The van der Waals surface area contributed by atoms with E-state index in [0.29, 0.717) is 6.54 Å². The van der Waals surface area contributed by atoms with Crippen LogP contribution in [0.1, 0.15) is 16.7 Å². The summed E-state index contributed by atoms with van der Waals surface area (Å²) in [6.45, 7) is 0.396. The molecule has 3 aromatic carbocycles. The van der Waals surface area contributed by atoms with Gasteiger partial charge in [0.1, 0.15) is 11.6 Å². The minimum atomic E-state index is -0.459. The van der Waals surface area contributed by atoms with E-state index < -0.39 is 17.0 Å². The number of carbonyl (C=O) groups is 2. The highest BCUT2D eigenvalue weighted by atomic mass is 79.9. The molecule has 0 bridgehead atoms. The first-order valence-corrected chi connectivity index (χ1v) is 12.0. The number of benzene rings is 3. The molecule has 1 aliphatic heterocycles. The van der Waals surface area contributed by atoms with Crippen molar-refractivity contribution < 1.29 is 18.4 Å². The summed E-state index contributed by atoms with van der Waals surface area (Å²) in [6.07, 6.45) is 3.60. The minimum Gasteiger partial charge on any atom is -0.342 e. The van der Waals surface area contributed by atoms with E-state index >= 15 is 0 Å². The summed E-state index contributed by atoms with van der Waals surface area (Å²) in [5.41, 5.74) is 2.92. The Kier molecular flexibility index (Phi) is 6.10. The fraction of sp³-hybridized carbons (Fsp3) is 0.0769. The number of rotatable bonds is 5. The zero-order chi connectivity index (χ0) is 23.8. The molecule has 0 radical (unpaired) electrons. The molecule has 4 nitrogen and oxygen atoms in total. The summed E-state index contributed by atoms with van der Waals surface area (Å²) >= 11 is 4.34. The van der Waals surface area contributed by atoms with Crippen molar-refractivity contribution in [2.45, 2.75) is 13.1 Å². The summed E-state index contributed by atoms with van der Waals surface area (Å²) in [4.78, 5) is 26.9. The van der Waals surface area contributed by atoms with Crippen LogP contribution >= 0.6 is 27.7 Å². The van der Waals surface area contributed by atoms with Gasteiger partial charge in [-0.2, -0.15) is 0 Å². The molecule has 0 spiro atoms. The average molecular weight is 539 g/mol. The van der Waals surface area contributed by atoms with Crippen molar-refractivity contribution in [2.75, 3.05) is 0 Å². The molecule has 0 atom stereocenters. The van der Waals surface area contributed by atoms with Gasteiger partial charge in [-0.3, -0.25) is 14.5 Å². The Morgan fingerprint density at radius 2 is 1.71 bits per heavy atom. The number of hydrogen-bond acceptors (Lipinski definition) is 3. The van der Waals surface area contributed by atoms with Crippen LogP contribution in [0.3, 0.4) is 0 Å². The molecule has 1 aliphatic rings. The maximum Gasteiger partial charge on any atom is 0.293 e. The Bertz CT molecular complexity index is 1460. The topological polar surface area (TPSA) is 42.3 Å². The Morgan fingerprint density at radius 1 is 0.941 bits per heavy atom. The molecule has 8 heteroatoms. The summed E-state index contributed by atoms with van der Waals surface area (Å²) in [5, 5.41) is 0.466. The van der Waals surface area contributed by atoms with Crippen molar-refractivity contribution in [3.8, 4) is 0 Å². The van der Waals surface area contributed by atoms with Gasteiger partial charge in [-0.05, 0) is 59.8 Å². The molecule has 1 fully saturated rings. The molecular formula is C26H17BrF2N2O2S. The molecule has 0 unspecified atom stereocenters. The van der Waals surface area contributed by atoms with Crippen LogP contribution in [-0.2, 0) is 17.9 Å². The van der Waals surface area contributed by atoms with E-state index in [4.69, 9.17) is 0 Å². The molecule has 2 heterocycles. The standard InChI is InChI=1S/C26H17BrF2N2O2S/c27-19-7-10-23-21(12-19)18(14-30(23)13-16-5-8-20(28)9-6-16)11-24-25(32)31(26(33)34-24)15-17-3-1-2-4-22(17)29/h1-12,14H,13,15H2/b24-11-. The second kappa shape index (κ2) is 9.19. The molecule has 1 aromatic heterocycles. The van der Waals surface area contributed by atoms with Gasteiger partial charge in [0.15, 0.2) is 0 Å². The van der Waals surface area contributed by atoms with Gasteiger partial charge in [-0.1, -0.05) is 46.3 Å². The molecular weight excluding hydrogens is 522 g/mol. The lowest BCUT2D eigenvalue weighted by atomic mass is 10.1. The second-order valence-corrected chi connectivity index (χ2v) is 9.77. The number of fused-ring (bicyclic) bond motifs is 1. The van der Waals surface area contributed by atoms with Gasteiger partial charge >= 0.3 is 0 Å². The molecule has 170 valence electrons. The fourth-order valence-corrected chi connectivity index (χ4v) is 5.09. The van der Waals surface area contributed by atoms with Crippen molar-refractivity contribution in [3.63, 3.8) is 0 Å². The number of imide groups is 1. The van der Waals surface area contributed by atoms with Gasteiger partial charge in [-0.15, -0.1) is 0 Å². The lowest BCUT2D eigenvalue weighted by Crippen LogP contribution is -2.27.